The van der Waals surface area contributed by atoms with Crippen LogP contribution in [0.2, 0.25) is 0 Å². The number of benzene rings is 2. The Morgan fingerprint density at radius 2 is 1.95 bits per heavy atom. The Morgan fingerprint density at radius 1 is 1.14 bits per heavy atom. The van der Waals surface area contributed by atoms with E-state index in [0.717, 1.165) is 17.7 Å². The van der Waals surface area contributed by atoms with E-state index in [0.29, 0.717) is 0 Å². The van der Waals surface area contributed by atoms with E-state index in [-0.39, 0.29) is 12.1 Å². The average Bonchev–Trinajstić information content (AvgIpc) is 2.50. The first-order chi connectivity index (χ1) is 10.1. The van der Waals surface area contributed by atoms with Crippen LogP contribution in [0.1, 0.15) is 36.6 Å². The molecule has 0 amide bonds. The molecule has 0 saturated carbocycles. The van der Waals surface area contributed by atoms with Crippen LogP contribution in [-0.2, 0) is 0 Å². The number of fused-ring (bicyclic) bond motifs is 1. The third-order valence-electron chi connectivity index (χ3n) is 3.85. The van der Waals surface area contributed by atoms with Gasteiger partial charge in [-0.25, -0.2) is 8.78 Å². The maximum absolute atomic E-state index is 13.4. The Bertz CT molecular complexity index is 644. The normalized spacial score (nSPS) is 19.1. The Labute approximate surface area is 127 Å². The van der Waals surface area contributed by atoms with Crippen molar-refractivity contribution in [1.82, 2.24) is 5.32 Å². The molecule has 2 aromatic rings. The monoisotopic (exact) mass is 305 g/mol. The van der Waals surface area contributed by atoms with Crippen LogP contribution in [0.5, 0.6) is 0 Å². The molecular weight excluding hydrogens is 288 g/mol. The maximum Gasteiger partial charge on any atom is 0.159 e. The Morgan fingerprint density at radius 3 is 2.76 bits per heavy atom. The van der Waals surface area contributed by atoms with Crippen molar-refractivity contribution in [2.45, 2.75) is 30.3 Å². The number of rotatable bonds is 3. The van der Waals surface area contributed by atoms with E-state index in [1.807, 2.05) is 30.8 Å². The molecule has 110 valence electrons. The number of hydrogen-bond acceptors (Lipinski definition) is 2. The van der Waals surface area contributed by atoms with Crippen LogP contribution < -0.4 is 5.32 Å². The van der Waals surface area contributed by atoms with E-state index in [1.54, 1.807) is 6.07 Å². The van der Waals surface area contributed by atoms with Crippen molar-refractivity contribution in [2.75, 3.05) is 5.75 Å². The zero-order valence-electron chi connectivity index (χ0n) is 11.8. The van der Waals surface area contributed by atoms with Crippen molar-refractivity contribution in [1.29, 1.82) is 0 Å². The first kappa shape index (κ1) is 14.5. The molecule has 4 heteroatoms. The van der Waals surface area contributed by atoms with Gasteiger partial charge in [-0.3, -0.25) is 0 Å². The first-order valence-electron chi connectivity index (χ1n) is 7.08. The summed E-state index contributed by atoms with van der Waals surface area (Å²) >= 11 is 1.87. The highest BCUT2D eigenvalue weighted by molar-refractivity contribution is 7.99. The van der Waals surface area contributed by atoms with Crippen LogP contribution in [0.15, 0.2) is 47.4 Å². The van der Waals surface area contributed by atoms with E-state index >= 15 is 0 Å². The number of hydrogen-bond donors (Lipinski definition) is 1. The van der Waals surface area contributed by atoms with Gasteiger partial charge in [-0.05, 0) is 48.4 Å². The largest absolute Gasteiger partial charge is 0.303 e. The van der Waals surface area contributed by atoms with E-state index in [4.69, 9.17) is 0 Å². The predicted molar refractivity (Wildman–Crippen MR) is 82.4 cm³/mol. The fourth-order valence-corrected chi connectivity index (χ4v) is 3.82. The molecule has 0 aromatic heterocycles. The van der Waals surface area contributed by atoms with E-state index in [9.17, 15) is 8.78 Å². The molecule has 21 heavy (non-hydrogen) atoms. The van der Waals surface area contributed by atoms with Crippen molar-refractivity contribution in [3.63, 3.8) is 0 Å². The second kappa shape index (κ2) is 6.16. The fraction of sp³-hybridized carbons (Fsp3) is 0.294. The number of thioether (sulfide) groups is 1. The van der Waals surface area contributed by atoms with Crippen molar-refractivity contribution >= 4 is 11.8 Å². The maximum atomic E-state index is 13.4. The van der Waals surface area contributed by atoms with Gasteiger partial charge in [0.25, 0.3) is 0 Å². The molecule has 1 nitrogen and oxygen atoms in total. The van der Waals surface area contributed by atoms with Gasteiger partial charge in [0.1, 0.15) is 0 Å². The van der Waals surface area contributed by atoms with Crippen LogP contribution in [0.3, 0.4) is 0 Å². The van der Waals surface area contributed by atoms with Crippen LogP contribution in [-0.4, -0.2) is 5.75 Å². The van der Waals surface area contributed by atoms with Crippen molar-refractivity contribution < 1.29 is 8.78 Å². The lowest BCUT2D eigenvalue weighted by Gasteiger charge is -2.29. The SMILES string of the molecule is CC(NC1CCSc2ccccc21)c1ccc(F)c(F)c1. The highest BCUT2D eigenvalue weighted by atomic mass is 32.2. The second-order valence-electron chi connectivity index (χ2n) is 5.29. The third kappa shape index (κ3) is 3.11. The minimum absolute atomic E-state index is 0.0266. The van der Waals surface area contributed by atoms with Crippen molar-refractivity contribution in [2.24, 2.45) is 0 Å². The summed E-state index contributed by atoms with van der Waals surface area (Å²) in [7, 11) is 0. The summed E-state index contributed by atoms with van der Waals surface area (Å²) in [6.45, 7) is 1.98. The molecule has 0 bridgehead atoms. The summed E-state index contributed by atoms with van der Waals surface area (Å²) in [4.78, 5) is 1.30. The number of nitrogens with one attached hydrogen (secondary N) is 1. The first-order valence-corrected chi connectivity index (χ1v) is 8.06. The van der Waals surface area contributed by atoms with Gasteiger partial charge in [-0.2, -0.15) is 0 Å². The lowest BCUT2D eigenvalue weighted by Crippen LogP contribution is -2.27. The molecule has 0 saturated heterocycles. The van der Waals surface area contributed by atoms with Gasteiger partial charge in [0.05, 0.1) is 0 Å². The van der Waals surface area contributed by atoms with Crippen molar-refractivity contribution in [3.8, 4) is 0 Å². The highest BCUT2D eigenvalue weighted by Crippen LogP contribution is 2.37. The molecule has 1 heterocycles. The third-order valence-corrected chi connectivity index (χ3v) is 4.98. The van der Waals surface area contributed by atoms with Gasteiger partial charge in [0, 0.05) is 17.0 Å². The quantitative estimate of drug-likeness (QED) is 0.869. The molecule has 0 aliphatic carbocycles. The summed E-state index contributed by atoms with van der Waals surface area (Å²) in [5.41, 5.74) is 2.06. The molecule has 2 unspecified atom stereocenters. The summed E-state index contributed by atoms with van der Waals surface area (Å²) in [6.07, 6.45) is 1.04. The van der Waals surface area contributed by atoms with E-state index in [2.05, 4.69) is 17.4 Å². The summed E-state index contributed by atoms with van der Waals surface area (Å²) < 4.78 is 26.4. The number of halogens is 2. The fourth-order valence-electron chi connectivity index (χ4n) is 2.69. The van der Waals surface area contributed by atoms with Gasteiger partial charge < -0.3 is 5.32 Å². The zero-order valence-corrected chi connectivity index (χ0v) is 12.6. The average molecular weight is 305 g/mol. The topological polar surface area (TPSA) is 12.0 Å². The molecule has 1 aliphatic rings. The van der Waals surface area contributed by atoms with Gasteiger partial charge in [0.15, 0.2) is 11.6 Å². The molecular formula is C17H17F2NS. The summed E-state index contributed by atoms with van der Waals surface area (Å²) in [5, 5.41) is 3.54. The standard InChI is InChI=1S/C17H17F2NS/c1-11(12-6-7-14(18)15(19)10-12)20-16-8-9-21-17-5-3-2-4-13(16)17/h2-7,10-11,16,20H,8-9H2,1H3. The minimum Gasteiger partial charge on any atom is -0.303 e. The molecule has 0 fully saturated rings. The molecule has 1 N–H and O–H groups in total. The summed E-state index contributed by atoms with van der Waals surface area (Å²) in [6, 6.07) is 12.7. The van der Waals surface area contributed by atoms with Crippen molar-refractivity contribution in [3.05, 3.63) is 65.2 Å². The minimum atomic E-state index is -0.801. The molecule has 3 rings (SSSR count). The van der Waals surface area contributed by atoms with E-state index in [1.165, 1.54) is 22.6 Å². The smallest absolute Gasteiger partial charge is 0.159 e. The van der Waals surface area contributed by atoms with Gasteiger partial charge in [0.2, 0.25) is 0 Å². The van der Waals surface area contributed by atoms with Gasteiger partial charge >= 0.3 is 0 Å². The summed E-state index contributed by atoms with van der Waals surface area (Å²) in [5.74, 6) is -0.523. The highest BCUT2D eigenvalue weighted by Gasteiger charge is 2.22. The molecule has 2 atom stereocenters. The van der Waals surface area contributed by atoms with Gasteiger partial charge in [-0.15, -0.1) is 11.8 Å². The Kier molecular flexibility index (Phi) is 4.27. The zero-order chi connectivity index (χ0) is 14.8. The molecule has 1 aliphatic heterocycles. The Hall–Kier alpha value is -1.39. The molecule has 0 spiro atoms. The molecule has 2 aromatic carbocycles. The molecule has 0 radical (unpaired) electrons. The van der Waals surface area contributed by atoms with Crippen LogP contribution in [0, 0.1) is 11.6 Å². The van der Waals surface area contributed by atoms with Crippen LogP contribution in [0.25, 0.3) is 0 Å². The van der Waals surface area contributed by atoms with Gasteiger partial charge in [-0.1, -0.05) is 24.3 Å². The van der Waals surface area contributed by atoms with Crippen LogP contribution in [0.4, 0.5) is 8.78 Å². The predicted octanol–water partition coefficient (Wildman–Crippen LogP) is 4.85. The Balaban J connectivity index is 1.79. The van der Waals surface area contributed by atoms with E-state index < -0.39 is 11.6 Å². The lowest BCUT2D eigenvalue weighted by atomic mass is 10.0. The van der Waals surface area contributed by atoms with Crippen LogP contribution >= 0.6 is 11.8 Å². The lowest BCUT2D eigenvalue weighted by molar-refractivity contribution is 0.445. The second-order valence-corrected chi connectivity index (χ2v) is 6.43.